The summed E-state index contributed by atoms with van der Waals surface area (Å²) >= 11 is 5.88. The second kappa shape index (κ2) is 7.70. The van der Waals surface area contributed by atoms with Gasteiger partial charge in [0.2, 0.25) is 5.91 Å². The number of carbonyl (C=O) groups is 1. The first-order valence-electron chi connectivity index (χ1n) is 8.45. The molecule has 5 nitrogen and oxygen atoms in total. The topological polar surface area (TPSA) is 64.0 Å². The molecule has 0 saturated carbocycles. The number of aromatic nitrogens is 2. The third kappa shape index (κ3) is 3.94. The van der Waals surface area contributed by atoms with Crippen molar-refractivity contribution >= 4 is 28.4 Å². The molecular formula is C20H20ClN3O2. The highest BCUT2D eigenvalue weighted by atomic mass is 35.5. The second-order valence-electron chi connectivity index (χ2n) is 6.30. The number of carbonyl (C=O) groups excluding carboxylic acids is 1. The van der Waals surface area contributed by atoms with Crippen molar-refractivity contribution in [3.63, 3.8) is 0 Å². The molecule has 0 aliphatic carbocycles. The molecule has 134 valence electrons. The second-order valence-corrected chi connectivity index (χ2v) is 6.74. The summed E-state index contributed by atoms with van der Waals surface area (Å²) in [6, 6.07) is 12.7. The first kappa shape index (κ1) is 18.1. The molecule has 1 aromatic heterocycles. The van der Waals surface area contributed by atoms with E-state index in [1.54, 1.807) is 18.2 Å². The number of nitrogens with one attached hydrogen (secondary N) is 1. The minimum Gasteiger partial charge on any atom is -0.350 e. The van der Waals surface area contributed by atoms with E-state index >= 15 is 0 Å². The zero-order valence-corrected chi connectivity index (χ0v) is 15.5. The molecular weight excluding hydrogens is 350 g/mol. The monoisotopic (exact) mass is 369 g/mol. The van der Waals surface area contributed by atoms with Crippen molar-refractivity contribution in [1.29, 1.82) is 0 Å². The van der Waals surface area contributed by atoms with E-state index in [-0.39, 0.29) is 30.5 Å². The smallest absolute Gasteiger partial charge is 0.261 e. The summed E-state index contributed by atoms with van der Waals surface area (Å²) in [7, 11) is 0. The van der Waals surface area contributed by atoms with Crippen molar-refractivity contribution in [3.05, 3.63) is 75.3 Å². The number of hydrogen-bond acceptors (Lipinski definition) is 3. The van der Waals surface area contributed by atoms with Crippen LogP contribution in [0, 0.1) is 6.92 Å². The number of rotatable bonds is 5. The molecule has 3 aromatic rings. The number of aryl methyl sites for hydroxylation is 2. The summed E-state index contributed by atoms with van der Waals surface area (Å²) in [5.74, 6) is -0.122. The van der Waals surface area contributed by atoms with E-state index in [9.17, 15) is 9.59 Å². The molecule has 26 heavy (non-hydrogen) atoms. The van der Waals surface area contributed by atoms with E-state index in [1.165, 1.54) is 10.9 Å². The van der Waals surface area contributed by atoms with Gasteiger partial charge in [0.1, 0.15) is 0 Å². The van der Waals surface area contributed by atoms with Gasteiger partial charge in [0.25, 0.3) is 5.56 Å². The molecule has 6 heteroatoms. The van der Waals surface area contributed by atoms with Gasteiger partial charge in [0.05, 0.1) is 23.3 Å². The summed E-state index contributed by atoms with van der Waals surface area (Å²) in [4.78, 5) is 29.1. The Labute approximate surface area is 156 Å². The third-order valence-corrected chi connectivity index (χ3v) is 4.63. The average molecular weight is 370 g/mol. The number of halogens is 1. The van der Waals surface area contributed by atoms with Crippen LogP contribution in [0.4, 0.5) is 0 Å². The first-order valence-corrected chi connectivity index (χ1v) is 8.83. The van der Waals surface area contributed by atoms with E-state index in [1.807, 2.05) is 38.1 Å². The number of para-hydroxylation sites is 1. The Morgan fingerprint density at radius 1 is 1.23 bits per heavy atom. The lowest BCUT2D eigenvalue weighted by Gasteiger charge is -2.15. The molecule has 0 fully saturated rings. The number of hydrogen-bond donors (Lipinski definition) is 1. The number of benzene rings is 2. The fourth-order valence-electron chi connectivity index (χ4n) is 2.87. The molecule has 1 amide bonds. The average Bonchev–Trinajstić information content (AvgIpc) is 2.62. The van der Waals surface area contributed by atoms with Gasteiger partial charge in [-0.15, -0.1) is 0 Å². The summed E-state index contributed by atoms with van der Waals surface area (Å²) in [5.41, 5.74) is 2.51. The summed E-state index contributed by atoms with van der Waals surface area (Å²) in [6.45, 7) is 4.12. The lowest BCUT2D eigenvalue weighted by molar-refractivity contribution is -0.121. The van der Waals surface area contributed by atoms with Gasteiger partial charge < -0.3 is 5.32 Å². The molecule has 0 aliphatic heterocycles. The number of amides is 1. The Morgan fingerprint density at radius 3 is 2.69 bits per heavy atom. The van der Waals surface area contributed by atoms with Gasteiger partial charge in [-0.1, -0.05) is 35.9 Å². The van der Waals surface area contributed by atoms with E-state index in [0.717, 1.165) is 11.1 Å². The van der Waals surface area contributed by atoms with Gasteiger partial charge in [0, 0.05) is 18.0 Å². The van der Waals surface area contributed by atoms with E-state index in [2.05, 4.69) is 10.3 Å². The lowest BCUT2D eigenvalue weighted by atomic mass is 10.1. The standard InChI is InChI=1S/C20H20ClN3O2/c1-13-4-3-5-17-19(13)22-12-24(20(17)26)11-10-18(25)23-14(2)15-6-8-16(21)9-7-15/h3-9,12,14H,10-11H2,1-2H3,(H,23,25). The molecule has 1 N–H and O–H groups in total. The van der Waals surface area contributed by atoms with Gasteiger partial charge in [-0.3, -0.25) is 14.2 Å². The lowest BCUT2D eigenvalue weighted by Crippen LogP contribution is -2.29. The summed E-state index contributed by atoms with van der Waals surface area (Å²) in [5, 5.41) is 4.16. The van der Waals surface area contributed by atoms with Gasteiger partial charge in [-0.05, 0) is 43.2 Å². The number of fused-ring (bicyclic) bond motifs is 1. The predicted octanol–water partition coefficient (Wildman–Crippen LogP) is 3.63. The van der Waals surface area contributed by atoms with Crippen LogP contribution in [0.15, 0.2) is 53.6 Å². The number of nitrogens with zero attached hydrogens (tertiary/aromatic N) is 2. The maximum absolute atomic E-state index is 12.5. The highest BCUT2D eigenvalue weighted by molar-refractivity contribution is 6.30. The van der Waals surface area contributed by atoms with Crippen molar-refractivity contribution in [1.82, 2.24) is 14.9 Å². The SMILES string of the molecule is Cc1cccc2c(=O)n(CCC(=O)NC(C)c3ccc(Cl)cc3)cnc12. The highest BCUT2D eigenvalue weighted by Crippen LogP contribution is 2.16. The maximum Gasteiger partial charge on any atom is 0.261 e. The molecule has 3 rings (SSSR count). The molecule has 0 saturated heterocycles. The summed E-state index contributed by atoms with van der Waals surface area (Å²) in [6.07, 6.45) is 1.71. The molecule has 1 heterocycles. The molecule has 0 spiro atoms. The Kier molecular flexibility index (Phi) is 5.38. The van der Waals surface area contributed by atoms with Crippen LogP contribution in [0.5, 0.6) is 0 Å². The minimum atomic E-state index is -0.131. The molecule has 0 radical (unpaired) electrons. The van der Waals surface area contributed by atoms with Gasteiger partial charge in [0.15, 0.2) is 0 Å². The zero-order valence-electron chi connectivity index (χ0n) is 14.7. The molecule has 1 atom stereocenters. The minimum absolute atomic E-state index is 0.122. The van der Waals surface area contributed by atoms with Gasteiger partial charge >= 0.3 is 0 Å². The van der Waals surface area contributed by atoms with Crippen LogP contribution in [0.25, 0.3) is 10.9 Å². The van der Waals surface area contributed by atoms with Crippen molar-refractivity contribution in [2.24, 2.45) is 0 Å². The molecule has 1 unspecified atom stereocenters. The highest BCUT2D eigenvalue weighted by Gasteiger charge is 2.11. The largest absolute Gasteiger partial charge is 0.350 e. The van der Waals surface area contributed by atoms with E-state index in [0.29, 0.717) is 15.9 Å². The van der Waals surface area contributed by atoms with Crippen LogP contribution in [0.2, 0.25) is 5.02 Å². The van der Waals surface area contributed by atoms with Crippen molar-refractivity contribution in [2.45, 2.75) is 32.9 Å². The van der Waals surface area contributed by atoms with Crippen molar-refractivity contribution < 1.29 is 4.79 Å². The van der Waals surface area contributed by atoms with Crippen molar-refractivity contribution in [3.8, 4) is 0 Å². The Morgan fingerprint density at radius 2 is 1.96 bits per heavy atom. The fourth-order valence-corrected chi connectivity index (χ4v) is 2.99. The van der Waals surface area contributed by atoms with E-state index in [4.69, 9.17) is 11.6 Å². The summed E-state index contributed by atoms with van der Waals surface area (Å²) < 4.78 is 1.48. The van der Waals surface area contributed by atoms with Gasteiger partial charge in [-0.2, -0.15) is 0 Å². The zero-order chi connectivity index (χ0) is 18.7. The third-order valence-electron chi connectivity index (χ3n) is 4.38. The normalized spacial score (nSPS) is 12.1. The van der Waals surface area contributed by atoms with Crippen LogP contribution in [0.1, 0.15) is 30.5 Å². The van der Waals surface area contributed by atoms with Gasteiger partial charge in [-0.25, -0.2) is 4.98 Å². The Bertz CT molecular complexity index is 996. The fraction of sp³-hybridized carbons (Fsp3) is 0.250. The van der Waals surface area contributed by atoms with Crippen LogP contribution < -0.4 is 10.9 Å². The maximum atomic E-state index is 12.5. The Balaban J connectivity index is 1.66. The quantitative estimate of drug-likeness (QED) is 0.747. The van der Waals surface area contributed by atoms with E-state index < -0.39 is 0 Å². The van der Waals surface area contributed by atoms with Crippen molar-refractivity contribution in [2.75, 3.05) is 0 Å². The first-order chi connectivity index (χ1) is 12.5. The predicted molar refractivity (Wildman–Crippen MR) is 103 cm³/mol. The van der Waals surface area contributed by atoms with Crippen LogP contribution in [-0.4, -0.2) is 15.5 Å². The molecule has 0 bridgehead atoms. The Hall–Kier alpha value is -2.66. The molecule has 2 aromatic carbocycles. The molecule has 0 aliphatic rings. The van der Waals surface area contributed by atoms with Crippen LogP contribution in [-0.2, 0) is 11.3 Å². The van der Waals surface area contributed by atoms with Crippen LogP contribution in [0.3, 0.4) is 0 Å². The van der Waals surface area contributed by atoms with Crippen LogP contribution >= 0.6 is 11.6 Å².